The minimum absolute atomic E-state index is 0.107. The lowest BCUT2D eigenvalue weighted by Crippen LogP contribution is -1.86. The first kappa shape index (κ1) is 9.08. The van der Waals surface area contributed by atoms with Gasteiger partial charge in [-0.25, -0.2) is 4.39 Å². The van der Waals surface area contributed by atoms with Gasteiger partial charge >= 0.3 is 0 Å². The molecule has 1 unspecified atom stereocenters. The molecular formula is C9H8FNS. The SMILES string of the molecule is CC(SC#N)c1ccc(F)cc1. The summed E-state index contributed by atoms with van der Waals surface area (Å²) < 4.78 is 12.5. The highest BCUT2D eigenvalue weighted by Gasteiger charge is 2.04. The number of hydrogen-bond acceptors (Lipinski definition) is 2. The molecule has 1 nitrogen and oxygen atoms in total. The van der Waals surface area contributed by atoms with Gasteiger partial charge in [-0.2, -0.15) is 5.26 Å². The van der Waals surface area contributed by atoms with E-state index in [4.69, 9.17) is 5.26 Å². The Hall–Kier alpha value is -1.01. The third kappa shape index (κ3) is 2.24. The standard InChI is InChI=1S/C9H8FNS/c1-7(12-6-11)8-2-4-9(10)5-3-8/h2-5,7H,1H3. The fraction of sp³-hybridized carbons (Fsp3) is 0.222. The lowest BCUT2D eigenvalue weighted by atomic mass is 10.2. The lowest BCUT2D eigenvalue weighted by molar-refractivity contribution is 0.627. The van der Waals surface area contributed by atoms with E-state index in [-0.39, 0.29) is 11.1 Å². The third-order valence-corrected chi connectivity index (χ3v) is 2.30. The van der Waals surface area contributed by atoms with E-state index in [1.54, 1.807) is 12.1 Å². The second-order valence-corrected chi connectivity index (χ2v) is 3.53. The highest BCUT2D eigenvalue weighted by Crippen LogP contribution is 2.26. The molecule has 1 aromatic rings. The number of nitrogens with zero attached hydrogens (tertiary/aromatic N) is 1. The van der Waals surface area contributed by atoms with Crippen LogP contribution in [0.15, 0.2) is 24.3 Å². The minimum Gasteiger partial charge on any atom is -0.207 e. The summed E-state index contributed by atoms with van der Waals surface area (Å²) in [4.78, 5) is 0. The van der Waals surface area contributed by atoms with Crippen LogP contribution in [0.25, 0.3) is 0 Å². The molecule has 0 amide bonds. The summed E-state index contributed by atoms with van der Waals surface area (Å²) in [7, 11) is 0. The van der Waals surface area contributed by atoms with Crippen molar-refractivity contribution in [1.82, 2.24) is 0 Å². The van der Waals surface area contributed by atoms with E-state index in [0.29, 0.717) is 0 Å². The normalized spacial score (nSPS) is 12.1. The van der Waals surface area contributed by atoms with Crippen LogP contribution in [0, 0.1) is 16.5 Å². The quantitative estimate of drug-likeness (QED) is 0.654. The molecule has 3 heteroatoms. The monoisotopic (exact) mass is 181 g/mol. The number of thiocyanates is 1. The molecule has 1 aromatic carbocycles. The summed E-state index contributed by atoms with van der Waals surface area (Å²) >= 11 is 1.17. The minimum atomic E-state index is -0.243. The van der Waals surface area contributed by atoms with Gasteiger partial charge in [0.1, 0.15) is 11.2 Å². The first-order valence-corrected chi connectivity index (χ1v) is 4.42. The molecular weight excluding hydrogens is 173 g/mol. The van der Waals surface area contributed by atoms with Crippen LogP contribution in [0.2, 0.25) is 0 Å². The molecule has 12 heavy (non-hydrogen) atoms. The second kappa shape index (κ2) is 4.13. The van der Waals surface area contributed by atoms with Crippen molar-refractivity contribution in [2.75, 3.05) is 0 Å². The lowest BCUT2D eigenvalue weighted by Gasteiger charge is -2.04. The highest BCUT2D eigenvalue weighted by atomic mass is 32.2. The van der Waals surface area contributed by atoms with Gasteiger partial charge in [-0.1, -0.05) is 12.1 Å². The number of thioether (sulfide) groups is 1. The van der Waals surface area contributed by atoms with Gasteiger partial charge in [0.05, 0.1) is 0 Å². The van der Waals surface area contributed by atoms with Crippen molar-refractivity contribution in [2.24, 2.45) is 0 Å². The van der Waals surface area contributed by atoms with Crippen molar-refractivity contribution in [2.45, 2.75) is 12.2 Å². The van der Waals surface area contributed by atoms with E-state index >= 15 is 0 Å². The van der Waals surface area contributed by atoms with Crippen molar-refractivity contribution in [1.29, 1.82) is 5.26 Å². The molecule has 0 spiro atoms. The first-order valence-electron chi connectivity index (χ1n) is 3.54. The largest absolute Gasteiger partial charge is 0.207 e. The van der Waals surface area contributed by atoms with Crippen LogP contribution in [-0.4, -0.2) is 0 Å². The topological polar surface area (TPSA) is 23.8 Å². The molecule has 0 aliphatic carbocycles. The van der Waals surface area contributed by atoms with Gasteiger partial charge in [0.25, 0.3) is 0 Å². The molecule has 0 saturated heterocycles. The van der Waals surface area contributed by atoms with Crippen LogP contribution in [0.5, 0.6) is 0 Å². The van der Waals surface area contributed by atoms with Crippen LogP contribution >= 0.6 is 11.8 Å². The Balaban J connectivity index is 2.76. The Kier molecular flexibility index (Phi) is 3.12. The predicted molar refractivity (Wildman–Crippen MR) is 48.0 cm³/mol. The average Bonchev–Trinajstić information content (AvgIpc) is 2.06. The van der Waals surface area contributed by atoms with Gasteiger partial charge in [-0.3, -0.25) is 0 Å². The number of hydrogen-bond donors (Lipinski definition) is 0. The fourth-order valence-electron chi connectivity index (χ4n) is 0.881. The second-order valence-electron chi connectivity index (χ2n) is 2.40. The maximum atomic E-state index is 12.5. The predicted octanol–water partition coefficient (Wildman–Crippen LogP) is 3.10. The molecule has 0 aromatic heterocycles. The van der Waals surface area contributed by atoms with Crippen molar-refractivity contribution >= 4 is 11.8 Å². The highest BCUT2D eigenvalue weighted by molar-refractivity contribution is 8.03. The number of halogens is 1. The Morgan fingerprint density at radius 3 is 2.50 bits per heavy atom. The zero-order valence-corrected chi connectivity index (χ0v) is 7.44. The molecule has 0 heterocycles. The van der Waals surface area contributed by atoms with Crippen LogP contribution in [0.4, 0.5) is 4.39 Å². The van der Waals surface area contributed by atoms with E-state index in [1.165, 1.54) is 23.9 Å². The Morgan fingerprint density at radius 1 is 1.42 bits per heavy atom. The number of nitriles is 1. The van der Waals surface area contributed by atoms with Crippen LogP contribution < -0.4 is 0 Å². The molecule has 1 atom stereocenters. The van der Waals surface area contributed by atoms with Crippen molar-refractivity contribution in [3.63, 3.8) is 0 Å². The van der Waals surface area contributed by atoms with Crippen molar-refractivity contribution in [3.05, 3.63) is 35.6 Å². The first-order chi connectivity index (χ1) is 5.74. The summed E-state index contributed by atoms with van der Waals surface area (Å²) in [6.45, 7) is 1.92. The number of benzene rings is 1. The zero-order valence-electron chi connectivity index (χ0n) is 6.62. The Labute approximate surface area is 75.2 Å². The summed E-state index contributed by atoms with van der Waals surface area (Å²) in [6, 6.07) is 6.21. The molecule has 0 aliphatic heterocycles. The molecule has 0 radical (unpaired) electrons. The maximum absolute atomic E-state index is 12.5. The van der Waals surface area contributed by atoms with Gasteiger partial charge in [0.2, 0.25) is 0 Å². The molecule has 62 valence electrons. The van der Waals surface area contributed by atoms with E-state index in [9.17, 15) is 4.39 Å². The van der Waals surface area contributed by atoms with Gasteiger partial charge in [-0.15, -0.1) is 0 Å². The molecule has 1 rings (SSSR count). The van der Waals surface area contributed by atoms with Gasteiger partial charge in [-0.05, 0) is 36.4 Å². The molecule has 0 aliphatic rings. The molecule has 0 saturated carbocycles. The third-order valence-electron chi connectivity index (χ3n) is 1.57. The summed E-state index contributed by atoms with van der Waals surface area (Å²) in [5.74, 6) is -0.243. The van der Waals surface area contributed by atoms with E-state index in [2.05, 4.69) is 0 Å². The van der Waals surface area contributed by atoms with E-state index in [0.717, 1.165) is 5.56 Å². The molecule has 0 bridgehead atoms. The molecule has 0 fully saturated rings. The summed E-state index contributed by atoms with van der Waals surface area (Å²) in [6.07, 6.45) is 0. The number of rotatable bonds is 2. The Bertz CT molecular complexity index is 288. The maximum Gasteiger partial charge on any atom is 0.133 e. The van der Waals surface area contributed by atoms with E-state index < -0.39 is 0 Å². The zero-order chi connectivity index (χ0) is 8.97. The van der Waals surface area contributed by atoms with Gasteiger partial charge in [0, 0.05) is 5.25 Å². The smallest absolute Gasteiger partial charge is 0.133 e. The van der Waals surface area contributed by atoms with Crippen LogP contribution in [0.1, 0.15) is 17.7 Å². The van der Waals surface area contributed by atoms with Crippen LogP contribution in [-0.2, 0) is 0 Å². The molecule has 0 N–H and O–H groups in total. The summed E-state index contributed by atoms with van der Waals surface area (Å²) in [5, 5.41) is 10.5. The van der Waals surface area contributed by atoms with E-state index in [1.807, 2.05) is 12.3 Å². The Morgan fingerprint density at radius 2 is 2.00 bits per heavy atom. The van der Waals surface area contributed by atoms with Gasteiger partial charge in [0.15, 0.2) is 0 Å². The fourth-order valence-corrected chi connectivity index (χ4v) is 1.33. The van der Waals surface area contributed by atoms with Crippen molar-refractivity contribution < 1.29 is 4.39 Å². The summed E-state index contributed by atoms with van der Waals surface area (Å²) in [5.41, 5.74) is 0.975. The van der Waals surface area contributed by atoms with Gasteiger partial charge < -0.3 is 0 Å². The average molecular weight is 181 g/mol. The van der Waals surface area contributed by atoms with Crippen molar-refractivity contribution in [3.8, 4) is 5.40 Å². The van der Waals surface area contributed by atoms with Crippen LogP contribution in [0.3, 0.4) is 0 Å².